The summed E-state index contributed by atoms with van der Waals surface area (Å²) in [5.74, 6) is 0.560. The second kappa shape index (κ2) is 21.0. The third kappa shape index (κ3) is 16.7. The van der Waals surface area contributed by atoms with Crippen molar-refractivity contribution in [2.45, 2.75) is 27.7 Å². The van der Waals surface area contributed by atoms with Crippen LogP contribution in [0.3, 0.4) is 0 Å². The van der Waals surface area contributed by atoms with Gasteiger partial charge < -0.3 is 17.6 Å². The summed E-state index contributed by atoms with van der Waals surface area (Å²) in [4.78, 5) is 0. The van der Waals surface area contributed by atoms with Crippen LogP contribution in [0.25, 0.3) is 0 Å². The number of allylic oxidation sites excluding steroid dienone is 4. The van der Waals surface area contributed by atoms with Gasteiger partial charge in [-0.2, -0.15) is 11.1 Å². The minimum absolute atomic E-state index is 0. The van der Waals surface area contributed by atoms with Crippen molar-refractivity contribution in [1.29, 1.82) is 0 Å². The Balaban J connectivity index is -0.0000000572. The van der Waals surface area contributed by atoms with Gasteiger partial charge in [-0.15, -0.1) is 31.7 Å². The second-order valence-electron chi connectivity index (χ2n) is 3.39. The van der Waals surface area contributed by atoms with Gasteiger partial charge in [0.05, 0.1) is 13.2 Å². The molecule has 0 fully saturated rings. The molecular formula is C12H26Cl2O3SiTi-2. The molecule has 0 aliphatic heterocycles. The third-order valence-electron chi connectivity index (χ3n) is 2.34. The van der Waals surface area contributed by atoms with Crippen LogP contribution in [0.5, 0.6) is 0 Å². The predicted octanol–water partition coefficient (Wildman–Crippen LogP) is 1.95. The van der Waals surface area contributed by atoms with E-state index in [1.807, 2.05) is 0 Å². The molecule has 1 aliphatic carbocycles. The standard InChI is InChI=1S/C9H13.C2H6O2.CH3.2ClH.O.H2Si.Ti/c1-6-5-7(2)9(4)8(6)3;3-1-2-4;;;;;;/h6H,1-4H3;3-4H,1-2H2;1H3;2*1H;;1H2;/q-1;;-1;;;;;. The molecule has 116 valence electrons. The Morgan fingerprint density at radius 3 is 1.58 bits per heavy atom. The Bertz CT molecular complexity index is 299. The van der Waals surface area contributed by atoms with Crippen LogP contribution >= 0.6 is 24.8 Å². The molecule has 19 heavy (non-hydrogen) atoms. The molecule has 1 rings (SSSR count). The van der Waals surface area contributed by atoms with E-state index in [2.05, 4.69) is 33.8 Å². The Hall–Kier alpha value is 0.711. The fraction of sp³-hybridized carbons (Fsp3) is 0.583. The number of rotatable bonds is 1. The molecule has 2 N–H and O–H groups in total. The molecule has 0 aromatic rings. The number of aliphatic hydroxyl groups excluding tert-OH is 2. The van der Waals surface area contributed by atoms with Crippen LogP contribution in [0.15, 0.2) is 16.7 Å². The number of halogens is 2. The van der Waals surface area contributed by atoms with Crippen molar-refractivity contribution in [2.75, 3.05) is 13.2 Å². The summed E-state index contributed by atoms with van der Waals surface area (Å²) in [5.41, 5.74) is 4.25. The van der Waals surface area contributed by atoms with Gasteiger partial charge in [0.1, 0.15) is 0 Å². The van der Waals surface area contributed by atoms with Gasteiger partial charge in [-0.25, -0.2) is 5.57 Å². The van der Waals surface area contributed by atoms with Gasteiger partial charge in [0.15, 0.2) is 0 Å². The van der Waals surface area contributed by atoms with Gasteiger partial charge in [0.25, 0.3) is 0 Å². The van der Waals surface area contributed by atoms with Crippen LogP contribution in [0, 0.1) is 19.4 Å². The SMILES string of the molecule is CC1=[C-]C(C)C(C)=C1C.Cl.Cl.OCCO.[CH3-].[O]=[Ti]=[SiH2]. The van der Waals surface area contributed by atoms with E-state index < -0.39 is 17.9 Å². The summed E-state index contributed by atoms with van der Waals surface area (Å²) < 4.78 is 9.07. The van der Waals surface area contributed by atoms with E-state index in [4.69, 9.17) is 13.5 Å². The molecule has 7 heteroatoms. The monoisotopic (exact) mass is 364 g/mol. The van der Waals surface area contributed by atoms with Crippen molar-refractivity contribution >= 4 is 32.4 Å². The molecule has 1 aliphatic rings. The molecule has 1 unspecified atom stereocenters. The molecule has 0 aromatic carbocycles. The van der Waals surface area contributed by atoms with Crippen molar-refractivity contribution in [3.63, 3.8) is 0 Å². The molecule has 0 radical (unpaired) electrons. The average molecular weight is 365 g/mol. The first-order valence-electron chi connectivity index (χ1n) is 5.09. The fourth-order valence-electron chi connectivity index (χ4n) is 1.16. The fourth-order valence-corrected chi connectivity index (χ4v) is 1.16. The van der Waals surface area contributed by atoms with Gasteiger partial charge in [0.2, 0.25) is 0 Å². The Morgan fingerprint density at radius 1 is 1.21 bits per heavy atom. The van der Waals surface area contributed by atoms with Crippen molar-refractivity contribution in [3.05, 3.63) is 30.2 Å². The van der Waals surface area contributed by atoms with Gasteiger partial charge in [-0.3, -0.25) is 6.08 Å². The summed E-state index contributed by atoms with van der Waals surface area (Å²) in [6.45, 7) is 8.42. The summed E-state index contributed by atoms with van der Waals surface area (Å²) in [6.07, 6.45) is 3.36. The molecule has 0 heterocycles. The normalized spacial score (nSPS) is 14.8. The Morgan fingerprint density at radius 2 is 1.53 bits per heavy atom. The zero-order chi connectivity index (χ0) is 13.1. The molecular weight excluding hydrogens is 339 g/mol. The van der Waals surface area contributed by atoms with Crippen LogP contribution < -0.4 is 0 Å². The van der Waals surface area contributed by atoms with E-state index in [1.165, 1.54) is 16.7 Å². The van der Waals surface area contributed by atoms with Gasteiger partial charge in [-0.05, 0) is 0 Å². The summed E-state index contributed by atoms with van der Waals surface area (Å²) in [7, 11) is 1.54. The van der Waals surface area contributed by atoms with E-state index in [0.717, 1.165) is 0 Å². The molecule has 0 aromatic heterocycles. The predicted molar refractivity (Wildman–Crippen MR) is 84.3 cm³/mol. The molecule has 0 saturated carbocycles. The van der Waals surface area contributed by atoms with Crippen molar-refractivity contribution < 1.29 is 31.4 Å². The van der Waals surface area contributed by atoms with Crippen molar-refractivity contribution in [2.24, 2.45) is 5.92 Å². The molecule has 1 atom stereocenters. The zero-order valence-electron chi connectivity index (χ0n) is 12.3. The second-order valence-corrected chi connectivity index (χ2v) is 5.03. The number of hydrogen-bond acceptors (Lipinski definition) is 3. The summed E-state index contributed by atoms with van der Waals surface area (Å²) >= 11 is -0.722. The Kier molecular flexibility index (Phi) is 35.3. The molecule has 0 bridgehead atoms. The first-order chi connectivity index (χ1) is 7.45. The third-order valence-corrected chi connectivity index (χ3v) is 2.34. The van der Waals surface area contributed by atoms with Gasteiger partial charge in [0, 0.05) is 0 Å². The quantitative estimate of drug-likeness (QED) is 0.552. The summed E-state index contributed by atoms with van der Waals surface area (Å²) in [6, 6.07) is 0. The van der Waals surface area contributed by atoms with Gasteiger partial charge >= 0.3 is 28.8 Å². The average Bonchev–Trinajstić information content (AvgIpc) is 2.47. The van der Waals surface area contributed by atoms with E-state index in [9.17, 15) is 0 Å². The van der Waals surface area contributed by atoms with E-state index in [0.29, 0.717) is 5.92 Å². The number of hydrogen-bond donors (Lipinski definition) is 2. The van der Waals surface area contributed by atoms with E-state index in [1.54, 1.807) is 7.63 Å². The molecule has 0 amide bonds. The zero-order valence-corrected chi connectivity index (χ0v) is 16.9. The first-order valence-corrected chi connectivity index (χ1v) is 9.75. The topological polar surface area (TPSA) is 57.5 Å². The maximum atomic E-state index is 9.07. The van der Waals surface area contributed by atoms with Crippen LogP contribution in [0.4, 0.5) is 0 Å². The Labute approximate surface area is 140 Å². The van der Waals surface area contributed by atoms with E-state index >= 15 is 0 Å². The van der Waals surface area contributed by atoms with Crippen LogP contribution in [0.1, 0.15) is 27.7 Å². The molecule has 0 saturated heterocycles. The van der Waals surface area contributed by atoms with Crippen molar-refractivity contribution in [3.8, 4) is 0 Å². The van der Waals surface area contributed by atoms with Gasteiger partial charge in [-0.1, -0.05) is 26.7 Å². The number of aliphatic hydroxyl groups is 2. The summed E-state index contributed by atoms with van der Waals surface area (Å²) in [5, 5.41) is 15.2. The van der Waals surface area contributed by atoms with E-state index in [-0.39, 0.29) is 45.5 Å². The maximum absolute atomic E-state index is 9.07. The van der Waals surface area contributed by atoms with Crippen LogP contribution in [-0.2, 0) is 21.2 Å². The minimum atomic E-state index is -0.722. The first kappa shape index (κ1) is 31.9. The van der Waals surface area contributed by atoms with Crippen molar-refractivity contribution in [1.82, 2.24) is 0 Å². The molecule has 0 spiro atoms. The van der Waals surface area contributed by atoms with Crippen LogP contribution in [0.2, 0.25) is 0 Å². The van der Waals surface area contributed by atoms with Crippen LogP contribution in [-0.4, -0.2) is 31.1 Å². The molecule has 3 nitrogen and oxygen atoms in total.